The Kier molecular flexibility index (Phi) is 6.38. The fraction of sp³-hybridized carbons (Fsp3) is 0.471. The second kappa shape index (κ2) is 8.15. The van der Waals surface area contributed by atoms with Crippen molar-refractivity contribution in [2.75, 3.05) is 32.2 Å². The highest BCUT2D eigenvalue weighted by atomic mass is 32.2. The molecule has 0 unspecified atom stereocenters. The summed E-state index contributed by atoms with van der Waals surface area (Å²) in [5, 5.41) is 0. The number of hydrogen-bond acceptors (Lipinski definition) is 6. The Morgan fingerprint density at radius 3 is 2.58 bits per heavy atom. The lowest BCUT2D eigenvalue weighted by molar-refractivity contribution is -0.153. The number of sulfone groups is 1. The molecule has 1 amide bonds. The SMILES string of the molecule is CC1(C)COCC(=O)N1CS(=O)(=O)c1ccc(OCC(=CF)CN)cc1. The molecule has 1 aromatic carbocycles. The fourth-order valence-electron chi connectivity index (χ4n) is 2.43. The number of nitrogens with zero attached hydrogens (tertiary/aromatic N) is 1. The van der Waals surface area contributed by atoms with E-state index >= 15 is 0 Å². The molecule has 1 saturated heterocycles. The molecule has 7 nitrogen and oxygen atoms in total. The predicted octanol–water partition coefficient (Wildman–Crippen LogP) is 1.25. The highest BCUT2D eigenvalue weighted by Gasteiger charge is 2.38. The van der Waals surface area contributed by atoms with E-state index in [1.54, 1.807) is 13.8 Å². The predicted molar refractivity (Wildman–Crippen MR) is 94.0 cm³/mol. The molecule has 0 aliphatic carbocycles. The van der Waals surface area contributed by atoms with E-state index in [1.807, 2.05) is 0 Å². The molecule has 1 aliphatic heterocycles. The number of rotatable bonds is 7. The Hall–Kier alpha value is -1.97. The van der Waals surface area contributed by atoms with Crippen molar-refractivity contribution in [2.24, 2.45) is 5.73 Å². The van der Waals surface area contributed by atoms with Gasteiger partial charge in [0.05, 0.1) is 23.4 Å². The average molecular weight is 386 g/mol. The highest BCUT2D eigenvalue weighted by Crippen LogP contribution is 2.24. The molecule has 1 aliphatic rings. The third kappa shape index (κ3) is 4.80. The number of halogens is 1. The fourth-order valence-corrected chi connectivity index (χ4v) is 3.96. The molecule has 26 heavy (non-hydrogen) atoms. The monoisotopic (exact) mass is 386 g/mol. The van der Waals surface area contributed by atoms with Gasteiger partial charge in [-0.3, -0.25) is 4.79 Å². The van der Waals surface area contributed by atoms with Crippen molar-refractivity contribution in [1.29, 1.82) is 0 Å². The molecule has 0 saturated carbocycles. The van der Waals surface area contributed by atoms with Crippen LogP contribution in [0.4, 0.5) is 4.39 Å². The molecule has 1 heterocycles. The van der Waals surface area contributed by atoms with Gasteiger partial charge in [0.25, 0.3) is 0 Å². The Morgan fingerprint density at radius 1 is 1.38 bits per heavy atom. The summed E-state index contributed by atoms with van der Waals surface area (Å²) in [5.74, 6) is -0.402. The highest BCUT2D eigenvalue weighted by molar-refractivity contribution is 7.91. The maximum atomic E-state index is 12.7. The van der Waals surface area contributed by atoms with Crippen LogP contribution in [0.5, 0.6) is 5.75 Å². The summed E-state index contributed by atoms with van der Waals surface area (Å²) in [6, 6.07) is 5.74. The van der Waals surface area contributed by atoms with Gasteiger partial charge in [0.2, 0.25) is 5.91 Å². The van der Waals surface area contributed by atoms with Crippen molar-refractivity contribution < 1.29 is 27.1 Å². The van der Waals surface area contributed by atoms with Crippen LogP contribution in [0.3, 0.4) is 0 Å². The van der Waals surface area contributed by atoms with Gasteiger partial charge in [-0.1, -0.05) is 0 Å². The molecule has 2 N–H and O–H groups in total. The van der Waals surface area contributed by atoms with Crippen molar-refractivity contribution in [1.82, 2.24) is 4.90 Å². The molecule has 0 atom stereocenters. The first kappa shape index (κ1) is 20.3. The van der Waals surface area contributed by atoms with Crippen molar-refractivity contribution in [3.05, 3.63) is 36.2 Å². The summed E-state index contributed by atoms with van der Waals surface area (Å²) in [4.78, 5) is 13.4. The maximum Gasteiger partial charge on any atom is 0.249 e. The Balaban J connectivity index is 2.10. The van der Waals surface area contributed by atoms with E-state index in [9.17, 15) is 17.6 Å². The second-order valence-corrected chi connectivity index (χ2v) is 8.56. The van der Waals surface area contributed by atoms with Crippen LogP contribution < -0.4 is 10.5 Å². The van der Waals surface area contributed by atoms with E-state index in [-0.39, 0.29) is 42.7 Å². The molecule has 0 aromatic heterocycles. The van der Waals surface area contributed by atoms with Gasteiger partial charge in [0, 0.05) is 12.1 Å². The van der Waals surface area contributed by atoms with Gasteiger partial charge in [0.15, 0.2) is 9.84 Å². The van der Waals surface area contributed by atoms with Crippen molar-refractivity contribution in [3.8, 4) is 5.75 Å². The van der Waals surface area contributed by atoms with Crippen molar-refractivity contribution >= 4 is 15.7 Å². The zero-order valence-corrected chi connectivity index (χ0v) is 15.6. The minimum atomic E-state index is -3.72. The number of nitrogens with two attached hydrogens (primary N) is 1. The van der Waals surface area contributed by atoms with Gasteiger partial charge >= 0.3 is 0 Å². The van der Waals surface area contributed by atoms with E-state index < -0.39 is 21.3 Å². The number of benzene rings is 1. The number of ether oxygens (including phenoxy) is 2. The summed E-state index contributed by atoms with van der Waals surface area (Å²) in [6.45, 7) is 3.67. The maximum absolute atomic E-state index is 12.7. The Morgan fingerprint density at radius 2 is 2.04 bits per heavy atom. The lowest BCUT2D eigenvalue weighted by Crippen LogP contribution is -2.57. The van der Waals surface area contributed by atoms with E-state index in [0.29, 0.717) is 12.1 Å². The zero-order valence-electron chi connectivity index (χ0n) is 14.8. The van der Waals surface area contributed by atoms with Crippen LogP contribution in [0.1, 0.15) is 13.8 Å². The van der Waals surface area contributed by atoms with E-state index in [2.05, 4.69) is 0 Å². The average Bonchev–Trinajstić information content (AvgIpc) is 2.59. The van der Waals surface area contributed by atoms with E-state index in [1.165, 1.54) is 29.2 Å². The number of morpholine rings is 1. The van der Waals surface area contributed by atoms with Crippen LogP contribution in [-0.2, 0) is 19.4 Å². The molecule has 2 rings (SSSR count). The van der Waals surface area contributed by atoms with Gasteiger partial charge in [-0.05, 0) is 38.1 Å². The lowest BCUT2D eigenvalue weighted by atomic mass is 10.0. The van der Waals surface area contributed by atoms with Crippen LogP contribution >= 0.6 is 0 Å². The van der Waals surface area contributed by atoms with Crippen molar-refractivity contribution in [2.45, 2.75) is 24.3 Å². The molecule has 0 bridgehead atoms. The van der Waals surface area contributed by atoms with Gasteiger partial charge < -0.3 is 20.1 Å². The molecule has 9 heteroatoms. The molecule has 0 spiro atoms. The Labute approximate surface area is 152 Å². The lowest BCUT2D eigenvalue weighted by Gasteiger charge is -2.41. The molecular weight excluding hydrogens is 363 g/mol. The topological polar surface area (TPSA) is 98.9 Å². The van der Waals surface area contributed by atoms with Crippen LogP contribution in [0.15, 0.2) is 41.1 Å². The number of carbonyl (C=O) groups is 1. The molecule has 144 valence electrons. The first-order valence-electron chi connectivity index (χ1n) is 8.01. The number of amides is 1. The van der Waals surface area contributed by atoms with Crippen LogP contribution in [0.25, 0.3) is 0 Å². The summed E-state index contributed by atoms with van der Waals surface area (Å²) < 4.78 is 48.3. The van der Waals surface area contributed by atoms with Crippen LogP contribution in [-0.4, -0.2) is 57.0 Å². The zero-order chi connectivity index (χ0) is 19.4. The molecular formula is C17H23FN2O5S. The minimum absolute atomic E-state index is 0.0183. The minimum Gasteiger partial charge on any atom is -0.489 e. The summed E-state index contributed by atoms with van der Waals surface area (Å²) >= 11 is 0. The summed E-state index contributed by atoms with van der Waals surface area (Å²) in [5.41, 5.74) is 4.92. The van der Waals surface area contributed by atoms with Gasteiger partial charge in [-0.2, -0.15) is 0 Å². The number of carbonyl (C=O) groups excluding carboxylic acids is 1. The first-order valence-corrected chi connectivity index (χ1v) is 9.67. The van der Waals surface area contributed by atoms with Gasteiger partial charge in [-0.25, -0.2) is 12.8 Å². The largest absolute Gasteiger partial charge is 0.489 e. The molecule has 1 fully saturated rings. The van der Waals surface area contributed by atoms with Gasteiger partial charge in [0.1, 0.15) is 24.8 Å². The second-order valence-electron chi connectivity index (χ2n) is 6.60. The quantitative estimate of drug-likeness (QED) is 0.757. The number of hydrogen-bond donors (Lipinski definition) is 1. The normalized spacial score (nSPS) is 18.1. The first-order chi connectivity index (χ1) is 12.2. The summed E-state index contributed by atoms with van der Waals surface area (Å²) in [6.07, 6.45) is 0.389. The smallest absolute Gasteiger partial charge is 0.249 e. The molecule has 0 radical (unpaired) electrons. The van der Waals surface area contributed by atoms with Crippen LogP contribution in [0.2, 0.25) is 0 Å². The van der Waals surface area contributed by atoms with E-state index in [4.69, 9.17) is 15.2 Å². The van der Waals surface area contributed by atoms with Crippen LogP contribution in [0, 0.1) is 0 Å². The standard InChI is InChI=1S/C17H23FN2O5S/c1-17(2)11-24-10-16(21)20(17)12-26(22,23)15-5-3-14(4-6-15)25-9-13(7-18)8-19/h3-7H,8-12,19H2,1-2H3. The summed E-state index contributed by atoms with van der Waals surface area (Å²) in [7, 11) is -3.72. The third-order valence-electron chi connectivity index (χ3n) is 4.04. The van der Waals surface area contributed by atoms with Crippen molar-refractivity contribution in [3.63, 3.8) is 0 Å². The third-order valence-corrected chi connectivity index (χ3v) is 5.62. The van der Waals surface area contributed by atoms with E-state index in [0.717, 1.165) is 0 Å². The Bertz CT molecular complexity index is 775. The molecule has 1 aromatic rings. The van der Waals surface area contributed by atoms with Gasteiger partial charge in [-0.15, -0.1) is 0 Å².